The largest absolute Gasteiger partial charge is 0.462 e. The normalized spacial score (nSPS) is 12.9. The zero-order chi connectivity index (χ0) is 11.0. The van der Waals surface area contributed by atoms with E-state index in [1.165, 1.54) is 0 Å². The fraction of sp³-hybridized carbons (Fsp3) is 0.889. The standard InChI is InChI=1S/C9H19NO4/c1-7(2)13-5-6-14-9(12)8(10)3-4-11/h7-8,11H,3-6,10H2,1-2H3/t8-/m1/s1. The summed E-state index contributed by atoms with van der Waals surface area (Å²) in [5.41, 5.74) is 5.39. The van der Waals surface area contributed by atoms with Crippen molar-refractivity contribution in [2.75, 3.05) is 19.8 Å². The van der Waals surface area contributed by atoms with E-state index in [9.17, 15) is 4.79 Å². The van der Waals surface area contributed by atoms with Crippen molar-refractivity contribution in [2.24, 2.45) is 5.73 Å². The first-order chi connectivity index (χ1) is 6.57. The predicted molar refractivity (Wildman–Crippen MR) is 51.7 cm³/mol. The number of carbonyl (C=O) groups is 1. The van der Waals surface area contributed by atoms with Crippen molar-refractivity contribution in [1.82, 2.24) is 0 Å². The van der Waals surface area contributed by atoms with Crippen molar-refractivity contribution in [3.05, 3.63) is 0 Å². The third-order valence-corrected chi connectivity index (χ3v) is 1.52. The zero-order valence-electron chi connectivity index (χ0n) is 8.73. The van der Waals surface area contributed by atoms with Gasteiger partial charge in [0.25, 0.3) is 0 Å². The summed E-state index contributed by atoms with van der Waals surface area (Å²) in [7, 11) is 0. The van der Waals surface area contributed by atoms with E-state index in [1.807, 2.05) is 13.8 Å². The average Bonchev–Trinajstić information content (AvgIpc) is 2.12. The van der Waals surface area contributed by atoms with Gasteiger partial charge < -0.3 is 20.3 Å². The highest BCUT2D eigenvalue weighted by atomic mass is 16.6. The first-order valence-electron chi connectivity index (χ1n) is 4.72. The molecule has 0 radical (unpaired) electrons. The van der Waals surface area contributed by atoms with Crippen molar-refractivity contribution in [2.45, 2.75) is 32.4 Å². The maximum Gasteiger partial charge on any atom is 0.323 e. The summed E-state index contributed by atoms with van der Waals surface area (Å²) in [6, 6.07) is -0.737. The first-order valence-corrected chi connectivity index (χ1v) is 4.72. The number of nitrogens with two attached hydrogens (primary N) is 1. The van der Waals surface area contributed by atoms with E-state index in [1.54, 1.807) is 0 Å². The minimum Gasteiger partial charge on any atom is -0.462 e. The molecule has 84 valence electrons. The van der Waals surface area contributed by atoms with Gasteiger partial charge in [-0.2, -0.15) is 0 Å². The van der Waals surface area contributed by atoms with Gasteiger partial charge in [-0.05, 0) is 20.3 Å². The molecule has 0 rings (SSSR count). The van der Waals surface area contributed by atoms with E-state index in [2.05, 4.69) is 0 Å². The van der Waals surface area contributed by atoms with Crippen LogP contribution in [0.15, 0.2) is 0 Å². The lowest BCUT2D eigenvalue weighted by molar-refractivity contribution is -0.147. The van der Waals surface area contributed by atoms with Crippen molar-refractivity contribution in [1.29, 1.82) is 0 Å². The number of ether oxygens (including phenoxy) is 2. The van der Waals surface area contributed by atoms with Crippen LogP contribution in [-0.4, -0.2) is 43.0 Å². The molecule has 0 spiro atoms. The third-order valence-electron chi connectivity index (χ3n) is 1.52. The summed E-state index contributed by atoms with van der Waals surface area (Å²) in [4.78, 5) is 11.1. The Labute approximate surface area is 84.2 Å². The Morgan fingerprint density at radius 3 is 2.57 bits per heavy atom. The van der Waals surface area contributed by atoms with Crippen LogP contribution in [0.1, 0.15) is 20.3 Å². The molecular weight excluding hydrogens is 186 g/mol. The van der Waals surface area contributed by atoms with Gasteiger partial charge in [0.05, 0.1) is 12.7 Å². The molecule has 0 aliphatic carbocycles. The molecule has 1 atom stereocenters. The Morgan fingerprint density at radius 1 is 1.43 bits per heavy atom. The Morgan fingerprint density at radius 2 is 2.07 bits per heavy atom. The second-order valence-corrected chi connectivity index (χ2v) is 3.21. The fourth-order valence-corrected chi connectivity index (χ4v) is 0.790. The minimum absolute atomic E-state index is 0.112. The second kappa shape index (κ2) is 7.73. The average molecular weight is 205 g/mol. The molecule has 0 unspecified atom stereocenters. The van der Waals surface area contributed by atoms with Gasteiger partial charge in [-0.1, -0.05) is 0 Å². The summed E-state index contributed by atoms with van der Waals surface area (Å²) in [5, 5.41) is 8.52. The number of rotatable bonds is 7. The Kier molecular flexibility index (Phi) is 7.37. The van der Waals surface area contributed by atoms with Gasteiger partial charge in [-0.25, -0.2) is 0 Å². The van der Waals surface area contributed by atoms with Crippen molar-refractivity contribution in [3.63, 3.8) is 0 Å². The van der Waals surface area contributed by atoms with E-state index in [-0.39, 0.29) is 25.7 Å². The Balaban J connectivity index is 3.44. The highest BCUT2D eigenvalue weighted by molar-refractivity contribution is 5.75. The van der Waals surface area contributed by atoms with Crippen LogP contribution in [0.25, 0.3) is 0 Å². The van der Waals surface area contributed by atoms with Gasteiger partial charge in [0.15, 0.2) is 0 Å². The molecule has 0 bridgehead atoms. The number of carbonyl (C=O) groups excluding carboxylic acids is 1. The zero-order valence-corrected chi connectivity index (χ0v) is 8.73. The van der Waals surface area contributed by atoms with Crippen LogP contribution < -0.4 is 5.73 Å². The van der Waals surface area contributed by atoms with E-state index >= 15 is 0 Å². The predicted octanol–water partition coefficient (Wildman–Crippen LogP) is -0.336. The molecular formula is C9H19NO4. The lowest BCUT2D eigenvalue weighted by Crippen LogP contribution is -2.33. The molecule has 0 aromatic rings. The van der Waals surface area contributed by atoms with Crippen LogP contribution in [0.2, 0.25) is 0 Å². The number of hydrogen-bond donors (Lipinski definition) is 2. The topological polar surface area (TPSA) is 81.8 Å². The van der Waals surface area contributed by atoms with Gasteiger partial charge >= 0.3 is 5.97 Å². The van der Waals surface area contributed by atoms with Crippen LogP contribution >= 0.6 is 0 Å². The minimum atomic E-state index is -0.737. The molecule has 5 heteroatoms. The molecule has 0 aromatic carbocycles. The number of esters is 1. The van der Waals surface area contributed by atoms with Crippen molar-refractivity contribution in [3.8, 4) is 0 Å². The van der Waals surface area contributed by atoms with E-state index < -0.39 is 12.0 Å². The SMILES string of the molecule is CC(C)OCCOC(=O)[C@H](N)CCO. The van der Waals surface area contributed by atoms with Gasteiger partial charge in [0, 0.05) is 6.61 Å². The molecule has 0 amide bonds. The Hall–Kier alpha value is -0.650. The van der Waals surface area contributed by atoms with Crippen LogP contribution in [0, 0.1) is 0 Å². The molecule has 0 saturated carbocycles. The third kappa shape index (κ3) is 6.82. The summed E-state index contributed by atoms with van der Waals surface area (Å²) in [6.45, 7) is 4.27. The van der Waals surface area contributed by atoms with Crippen molar-refractivity contribution >= 4 is 5.97 Å². The number of aliphatic hydroxyl groups excluding tert-OH is 1. The van der Waals surface area contributed by atoms with E-state index in [0.29, 0.717) is 6.61 Å². The number of hydrogen-bond acceptors (Lipinski definition) is 5. The quantitative estimate of drug-likeness (QED) is 0.439. The number of aliphatic hydroxyl groups is 1. The molecule has 14 heavy (non-hydrogen) atoms. The maximum atomic E-state index is 11.1. The van der Waals surface area contributed by atoms with Gasteiger partial charge in [0.1, 0.15) is 12.6 Å². The second-order valence-electron chi connectivity index (χ2n) is 3.21. The van der Waals surface area contributed by atoms with Crippen LogP contribution in [0.3, 0.4) is 0 Å². The summed E-state index contributed by atoms with van der Waals surface area (Å²) >= 11 is 0. The molecule has 3 N–H and O–H groups in total. The van der Waals surface area contributed by atoms with Crippen molar-refractivity contribution < 1.29 is 19.4 Å². The molecule has 0 saturated heterocycles. The van der Waals surface area contributed by atoms with E-state index in [4.69, 9.17) is 20.3 Å². The molecule has 0 aliphatic rings. The summed E-state index contributed by atoms with van der Waals surface area (Å²) < 4.78 is 9.97. The molecule has 0 aliphatic heterocycles. The van der Waals surface area contributed by atoms with Crippen LogP contribution in [0.4, 0.5) is 0 Å². The summed E-state index contributed by atoms with van der Waals surface area (Å²) in [5.74, 6) is -0.494. The lowest BCUT2D eigenvalue weighted by atomic mass is 10.2. The van der Waals surface area contributed by atoms with E-state index in [0.717, 1.165) is 0 Å². The molecule has 0 aromatic heterocycles. The highest BCUT2D eigenvalue weighted by Crippen LogP contribution is 1.92. The smallest absolute Gasteiger partial charge is 0.323 e. The highest BCUT2D eigenvalue weighted by Gasteiger charge is 2.13. The fourth-order valence-electron chi connectivity index (χ4n) is 0.790. The summed E-state index contributed by atoms with van der Waals surface area (Å²) in [6.07, 6.45) is 0.351. The monoisotopic (exact) mass is 205 g/mol. The molecule has 5 nitrogen and oxygen atoms in total. The lowest BCUT2D eigenvalue weighted by Gasteiger charge is -2.11. The van der Waals surface area contributed by atoms with Crippen LogP contribution in [-0.2, 0) is 14.3 Å². The molecule has 0 fully saturated rings. The maximum absolute atomic E-state index is 11.1. The van der Waals surface area contributed by atoms with Crippen LogP contribution in [0.5, 0.6) is 0 Å². The van der Waals surface area contributed by atoms with Gasteiger partial charge in [0.2, 0.25) is 0 Å². The van der Waals surface area contributed by atoms with Gasteiger partial charge in [-0.15, -0.1) is 0 Å². The van der Waals surface area contributed by atoms with Gasteiger partial charge in [-0.3, -0.25) is 4.79 Å². The Bertz CT molecular complexity index is 161. The first kappa shape index (κ1) is 13.4. The molecule has 0 heterocycles.